The molecule has 0 saturated heterocycles. The second-order valence-electron chi connectivity index (χ2n) is 4.21. The molecule has 0 amide bonds. The fourth-order valence-electron chi connectivity index (χ4n) is 2.44. The zero-order valence-corrected chi connectivity index (χ0v) is 11.3. The van der Waals surface area contributed by atoms with E-state index in [-0.39, 0.29) is 5.78 Å². The molecule has 3 rings (SSSR count). The summed E-state index contributed by atoms with van der Waals surface area (Å²) >= 11 is 0. The number of aliphatic hydroxyl groups is 1. The van der Waals surface area contributed by atoms with Gasteiger partial charge in [0.05, 0.1) is 5.69 Å². The molecule has 1 atom stereocenters. The van der Waals surface area contributed by atoms with Gasteiger partial charge in [0.1, 0.15) is 0 Å². The van der Waals surface area contributed by atoms with Crippen LogP contribution in [0.25, 0.3) is 11.3 Å². The first-order chi connectivity index (χ1) is 9.15. The summed E-state index contributed by atoms with van der Waals surface area (Å²) in [5.74, 6) is -0.281. The SMILES string of the molecule is CC.CC(=O)C1(O)c2ccccc2-c2ncccc21. The van der Waals surface area contributed by atoms with Crippen molar-refractivity contribution < 1.29 is 9.90 Å². The zero-order chi connectivity index (χ0) is 14.0. The van der Waals surface area contributed by atoms with E-state index in [0.29, 0.717) is 16.8 Å². The molecule has 0 fully saturated rings. The van der Waals surface area contributed by atoms with Crippen LogP contribution in [0.4, 0.5) is 0 Å². The van der Waals surface area contributed by atoms with Crippen LogP contribution >= 0.6 is 0 Å². The topological polar surface area (TPSA) is 50.2 Å². The molecule has 1 aliphatic carbocycles. The van der Waals surface area contributed by atoms with Gasteiger partial charge in [-0.15, -0.1) is 0 Å². The van der Waals surface area contributed by atoms with Gasteiger partial charge in [-0.3, -0.25) is 9.78 Å². The number of rotatable bonds is 1. The predicted molar refractivity (Wildman–Crippen MR) is 74.7 cm³/mol. The Kier molecular flexibility index (Phi) is 3.49. The number of carbonyl (C=O) groups excluding carboxylic acids is 1. The van der Waals surface area contributed by atoms with Gasteiger partial charge in [0.2, 0.25) is 0 Å². The van der Waals surface area contributed by atoms with Gasteiger partial charge in [-0.2, -0.15) is 0 Å². The summed E-state index contributed by atoms with van der Waals surface area (Å²) in [5, 5.41) is 10.7. The van der Waals surface area contributed by atoms with E-state index in [0.717, 1.165) is 5.56 Å². The average molecular weight is 255 g/mol. The third-order valence-corrected chi connectivity index (χ3v) is 3.28. The number of aromatic nitrogens is 1. The van der Waals surface area contributed by atoms with E-state index in [1.54, 1.807) is 24.4 Å². The molecule has 98 valence electrons. The van der Waals surface area contributed by atoms with Gasteiger partial charge in [0.15, 0.2) is 11.4 Å². The smallest absolute Gasteiger partial charge is 0.176 e. The van der Waals surface area contributed by atoms with E-state index in [1.807, 2.05) is 32.0 Å². The molecule has 2 aromatic rings. The van der Waals surface area contributed by atoms with Crippen molar-refractivity contribution in [3.05, 3.63) is 53.7 Å². The molecule has 1 unspecified atom stereocenters. The molecule has 3 nitrogen and oxygen atoms in total. The van der Waals surface area contributed by atoms with Gasteiger partial charge in [-0.1, -0.05) is 44.2 Å². The van der Waals surface area contributed by atoms with Crippen molar-refractivity contribution in [3.63, 3.8) is 0 Å². The second-order valence-corrected chi connectivity index (χ2v) is 4.21. The Morgan fingerprint density at radius 1 is 1.11 bits per heavy atom. The number of pyridine rings is 1. The lowest BCUT2D eigenvalue weighted by Gasteiger charge is -2.21. The van der Waals surface area contributed by atoms with Crippen LogP contribution in [0, 0.1) is 0 Å². The number of ketones is 1. The first-order valence-electron chi connectivity index (χ1n) is 6.44. The van der Waals surface area contributed by atoms with Crippen LogP contribution in [-0.2, 0) is 10.4 Å². The van der Waals surface area contributed by atoms with Crippen molar-refractivity contribution in [1.29, 1.82) is 0 Å². The molecule has 1 heterocycles. The van der Waals surface area contributed by atoms with E-state index in [4.69, 9.17) is 0 Å². The Balaban J connectivity index is 0.000000637. The van der Waals surface area contributed by atoms with Crippen molar-refractivity contribution in [2.24, 2.45) is 0 Å². The van der Waals surface area contributed by atoms with Gasteiger partial charge in [-0.25, -0.2) is 0 Å². The lowest BCUT2D eigenvalue weighted by atomic mass is 9.88. The highest BCUT2D eigenvalue weighted by molar-refractivity contribution is 5.97. The maximum atomic E-state index is 11.8. The fraction of sp³-hybridized carbons (Fsp3) is 0.250. The van der Waals surface area contributed by atoms with Crippen LogP contribution in [0.3, 0.4) is 0 Å². The Morgan fingerprint density at radius 2 is 1.74 bits per heavy atom. The van der Waals surface area contributed by atoms with Crippen LogP contribution in [-0.4, -0.2) is 15.9 Å². The number of hydrogen-bond acceptors (Lipinski definition) is 3. The number of nitrogens with zero attached hydrogens (tertiary/aromatic N) is 1. The Labute approximate surface area is 112 Å². The minimum Gasteiger partial charge on any atom is -0.373 e. The van der Waals surface area contributed by atoms with Crippen molar-refractivity contribution in [1.82, 2.24) is 4.98 Å². The lowest BCUT2D eigenvalue weighted by molar-refractivity contribution is -0.131. The highest BCUT2D eigenvalue weighted by Crippen LogP contribution is 2.46. The molecule has 1 N–H and O–H groups in total. The molecule has 19 heavy (non-hydrogen) atoms. The summed E-state index contributed by atoms with van der Waals surface area (Å²) in [7, 11) is 0. The summed E-state index contributed by atoms with van der Waals surface area (Å²) < 4.78 is 0. The van der Waals surface area contributed by atoms with Gasteiger partial charge in [-0.05, 0) is 13.0 Å². The van der Waals surface area contributed by atoms with E-state index >= 15 is 0 Å². The molecule has 1 aromatic carbocycles. The molecule has 1 aromatic heterocycles. The highest BCUT2D eigenvalue weighted by atomic mass is 16.3. The number of benzene rings is 1. The summed E-state index contributed by atoms with van der Waals surface area (Å²) in [6.45, 7) is 5.40. The largest absolute Gasteiger partial charge is 0.373 e. The number of fused-ring (bicyclic) bond motifs is 3. The molecule has 0 saturated carbocycles. The standard InChI is InChI=1S/C14H11NO2.C2H6/c1-9(16)14(17)11-6-3-2-5-10(11)13-12(14)7-4-8-15-13;1-2/h2-8,17H,1H3;1-2H3. The monoisotopic (exact) mass is 255 g/mol. The third kappa shape index (κ3) is 1.78. The number of carbonyl (C=O) groups is 1. The van der Waals surface area contributed by atoms with Gasteiger partial charge >= 0.3 is 0 Å². The van der Waals surface area contributed by atoms with Gasteiger partial charge in [0, 0.05) is 22.9 Å². The van der Waals surface area contributed by atoms with E-state index in [9.17, 15) is 9.90 Å². The molecule has 0 aliphatic heterocycles. The molecule has 3 heteroatoms. The Hall–Kier alpha value is -2.00. The minimum absolute atomic E-state index is 0.281. The summed E-state index contributed by atoms with van der Waals surface area (Å²) in [5.41, 5.74) is 1.19. The fourth-order valence-corrected chi connectivity index (χ4v) is 2.44. The quantitative estimate of drug-likeness (QED) is 0.852. The molecule has 0 bridgehead atoms. The third-order valence-electron chi connectivity index (χ3n) is 3.28. The first kappa shape index (κ1) is 13.4. The van der Waals surface area contributed by atoms with Crippen molar-refractivity contribution in [2.45, 2.75) is 26.4 Å². The van der Waals surface area contributed by atoms with E-state index in [1.165, 1.54) is 6.92 Å². The second kappa shape index (κ2) is 4.94. The van der Waals surface area contributed by atoms with Crippen LogP contribution in [0.1, 0.15) is 31.9 Å². The number of hydrogen-bond donors (Lipinski definition) is 1. The maximum Gasteiger partial charge on any atom is 0.176 e. The van der Waals surface area contributed by atoms with Crippen LogP contribution in [0.2, 0.25) is 0 Å². The molecule has 1 aliphatic rings. The molecular weight excluding hydrogens is 238 g/mol. The summed E-state index contributed by atoms with van der Waals surface area (Å²) in [4.78, 5) is 16.1. The zero-order valence-electron chi connectivity index (χ0n) is 11.3. The molecular formula is C16H17NO2. The predicted octanol–water partition coefficient (Wildman–Crippen LogP) is 2.91. The lowest BCUT2D eigenvalue weighted by Crippen LogP contribution is -2.32. The normalized spacial score (nSPS) is 18.9. The average Bonchev–Trinajstić information content (AvgIpc) is 2.74. The van der Waals surface area contributed by atoms with Gasteiger partial charge in [0.25, 0.3) is 0 Å². The van der Waals surface area contributed by atoms with E-state index < -0.39 is 5.60 Å². The molecule has 0 radical (unpaired) electrons. The Morgan fingerprint density at radius 3 is 2.42 bits per heavy atom. The minimum atomic E-state index is -1.54. The van der Waals surface area contributed by atoms with Crippen molar-refractivity contribution in [2.75, 3.05) is 0 Å². The Bertz CT molecular complexity index is 574. The summed E-state index contributed by atoms with van der Waals surface area (Å²) in [6, 6.07) is 10.8. The highest BCUT2D eigenvalue weighted by Gasteiger charge is 2.45. The van der Waals surface area contributed by atoms with Crippen molar-refractivity contribution >= 4 is 5.78 Å². The summed E-state index contributed by atoms with van der Waals surface area (Å²) in [6.07, 6.45) is 1.67. The van der Waals surface area contributed by atoms with Crippen LogP contribution in [0.15, 0.2) is 42.6 Å². The number of Topliss-reactive ketones (excluding diaryl/α,β-unsaturated/α-hetero) is 1. The van der Waals surface area contributed by atoms with Crippen LogP contribution < -0.4 is 0 Å². The molecule has 0 spiro atoms. The van der Waals surface area contributed by atoms with Crippen molar-refractivity contribution in [3.8, 4) is 11.3 Å². The van der Waals surface area contributed by atoms with Gasteiger partial charge < -0.3 is 5.11 Å². The van der Waals surface area contributed by atoms with E-state index in [2.05, 4.69) is 4.98 Å². The van der Waals surface area contributed by atoms with Crippen LogP contribution in [0.5, 0.6) is 0 Å². The first-order valence-corrected chi connectivity index (χ1v) is 6.44. The maximum absolute atomic E-state index is 11.8.